The van der Waals surface area contributed by atoms with Crippen molar-refractivity contribution < 1.29 is 14.6 Å². The van der Waals surface area contributed by atoms with Crippen molar-refractivity contribution >= 4 is 22.7 Å². The van der Waals surface area contributed by atoms with E-state index in [0.717, 1.165) is 16.4 Å². The average molecular weight is 414 g/mol. The molecule has 3 heterocycles. The van der Waals surface area contributed by atoms with Crippen molar-refractivity contribution in [3.05, 3.63) is 57.8 Å². The van der Waals surface area contributed by atoms with E-state index >= 15 is 0 Å². The first-order valence-electron chi connectivity index (χ1n) is 9.39. The number of aromatic nitrogens is 2. The van der Waals surface area contributed by atoms with Gasteiger partial charge in [-0.25, -0.2) is 4.98 Å². The smallest absolute Gasteiger partial charge is 0.296 e. The summed E-state index contributed by atoms with van der Waals surface area (Å²) in [7, 11) is 0. The molecule has 0 fully saturated rings. The van der Waals surface area contributed by atoms with Gasteiger partial charge in [-0.15, -0.1) is 11.8 Å². The number of hydrogen-bond acceptors (Lipinski definition) is 7. The minimum atomic E-state index is -0.822. The van der Waals surface area contributed by atoms with Gasteiger partial charge in [0.1, 0.15) is 11.4 Å². The Bertz CT molecular complexity index is 1030. The molecule has 1 aromatic carbocycles. The van der Waals surface area contributed by atoms with Crippen LogP contribution in [0.2, 0.25) is 0 Å². The van der Waals surface area contributed by atoms with Crippen LogP contribution in [0.25, 0.3) is 0 Å². The van der Waals surface area contributed by atoms with Crippen LogP contribution >= 0.6 is 11.8 Å². The standard InChI is InChI=1S/C20H22N4O4S/c1-20(2)19-23-14(15(25)18(27)24(19)8-9-28-20)16(26)21-10-13-11-29-17(22-13)12-6-4-3-5-7-12/h3-7,13,25H,8-11H2,1-2H3,(H,21,26). The van der Waals surface area contributed by atoms with E-state index in [1.807, 2.05) is 30.3 Å². The molecule has 2 N–H and O–H groups in total. The molecule has 152 valence electrons. The topological polar surface area (TPSA) is 106 Å². The van der Waals surface area contributed by atoms with Crippen molar-refractivity contribution in [3.8, 4) is 5.75 Å². The van der Waals surface area contributed by atoms with E-state index in [-0.39, 0.29) is 18.3 Å². The number of aliphatic imine (C=N–C) groups is 1. The maximum Gasteiger partial charge on any atom is 0.296 e. The Hall–Kier alpha value is -2.65. The second kappa shape index (κ2) is 7.64. The van der Waals surface area contributed by atoms with Crippen LogP contribution in [0, 0.1) is 0 Å². The zero-order valence-corrected chi connectivity index (χ0v) is 17.0. The number of nitrogens with one attached hydrogen (secondary N) is 1. The maximum atomic E-state index is 12.6. The lowest BCUT2D eigenvalue weighted by Gasteiger charge is -2.32. The quantitative estimate of drug-likeness (QED) is 0.786. The minimum absolute atomic E-state index is 0.0835. The van der Waals surface area contributed by atoms with Crippen LogP contribution in [0.3, 0.4) is 0 Å². The van der Waals surface area contributed by atoms with Crippen molar-refractivity contribution in [2.45, 2.75) is 32.0 Å². The molecule has 9 heteroatoms. The Labute approximate surface area is 172 Å². The Morgan fingerprint density at radius 2 is 2.14 bits per heavy atom. The third-order valence-electron chi connectivity index (χ3n) is 4.91. The van der Waals surface area contributed by atoms with E-state index in [0.29, 0.717) is 19.0 Å². The van der Waals surface area contributed by atoms with Crippen molar-refractivity contribution in [1.82, 2.24) is 14.9 Å². The van der Waals surface area contributed by atoms with Crippen molar-refractivity contribution in [3.63, 3.8) is 0 Å². The summed E-state index contributed by atoms with van der Waals surface area (Å²) in [5.41, 5.74) is -0.678. The number of rotatable bonds is 4. The van der Waals surface area contributed by atoms with Crippen molar-refractivity contribution in [2.24, 2.45) is 4.99 Å². The number of carbonyl (C=O) groups excluding carboxylic acids is 1. The Morgan fingerprint density at radius 3 is 2.90 bits per heavy atom. The Morgan fingerprint density at radius 1 is 1.38 bits per heavy atom. The van der Waals surface area contributed by atoms with Gasteiger partial charge >= 0.3 is 0 Å². The minimum Gasteiger partial charge on any atom is -0.501 e. The molecular formula is C20H22N4O4S. The molecule has 0 bridgehead atoms. The van der Waals surface area contributed by atoms with Crippen molar-refractivity contribution in [2.75, 3.05) is 18.9 Å². The first kappa shape index (κ1) is 19.7. The number of carbonyl (C=O) groups is 1. The molecule has 0 spiro atoms. The number of hydrogen-bond donors (Lipinski definition) is 2. The van der Waals surface area contributed by atoms with Gasteiger partial charge in [-0.1, -0.05) is 30.3 Å². The fourth-order valence-electron chi connectivity index (χ4n) is 3.38. The molecule has 1 amide bonds. The van der Waals surface area contributed by atoms with Crippen LogP contribution in [-0.2, 0) is 16.9 Å². The van der Waals surface area contributed by atoms with Gasteiger partial charge in [-0.3, -0.25) is 19.1 Å². The van der Waals surface area contributed by atoms with Gasteiger partial charge in [-0.2, -0.15) is 0 Å². The summed E-state index contributed by atoms with van der Waals surface area (Å²) in [6.07, 6.45) is 0. The molecule has 1 aromatic heterocycles. The fraction of sp³-hybridized carbons (Fsp3) is 0.400. The average Bonchev–Trinajstić information content (AvgIpc) is 3.18. The third-order valence-corrected chi connectivity index (χ3v) is 6.07. The zero-order valence-electron chi connectivity index (χ0n) is 16.2. The Kier molecular flexibility index (Phi) is 5.18. The van der Waals surface area contributed by atoms with Crippen LogP contribution < -0.4 is 10.9 Å². The number of amides is 1. The number of aromatic hydroxyl groups is 1. The first-order chi connectivity index (χ1) is 13.9. The highest BCUT2D eigenvalue weighted by Crippen LogP contribution is 2.27. The summed E-state index contributed by atoms with van der Waals surface area (Å²) in [5.74, 6) is -0.161. The zero-order chi connectivity index (χ0) is 20.6. The first-order valence-corrected chi connectivity index (χ1v) is 10.4. The van der Waals surface area contributed by atoms with Gasteiger partial charge in [0, 0.05) is 17.9 Å². The second-order valence-electron chi connectivity index (χ2n) is 7.42. The van der Waals surface area contributed by atoms with E-state index in [1.165, 1.54) is 4.57 Å². The van der Waals surface area contributed by atoms with Crippen molar-refractivity contribution in [1.29, 1.82) is 0 Å². The third kappa shape index (κ3) is 3.79. The number of fused-ring (bicyclic) bond motifs is 1. The van der Waals surface area contributed by atoms with Crippen LogP contribution in [0.5, 0.6) is 5.75 Å². The van der Waals surface area contributed by atoms with Gasteiger partial charge in [-0.05, 0) is 13.8 Å². The van der Waals surface area contributed by atoms with E-state index in [2.05, 4.69) is 15.3 Å². The van der Waals surface area contributed by atoms with Crippen LogP contribution in [0.1, 0.15) is 35.7 Å². The highest BCUT2D eigenvalue weighted by Gasteiger charge is 2.34. The molecule has 0 aliphatic carbocycles. The van der Waals surface area contributed by atoms with Crippen LogP contribution in [0.15, 0.2) is 40.1 Å². The fourth-order valence-corrected chi connectivity index (χ4v) is 4.45. The number of thioether (sulfide) groups is 1. The maximum absolute atomic E-state index is 12.6. The summed E-state index contributed by atoms with van der Waals surface area (Å²) in [5, 5.41) is 13.9. The monoisotopic (exact) mass is 414 g/mol. The molecule has 2 aliphatic heterocycles. The van der Waals surface area contributed by atoms with Gasteiger partial charge in [0.25, 0.3) is 11.5 Å². The normalized spacial score (nSPS) is 20.1. The molecule has 0 saturated heterocycles. The van der Waals surface area contributed by atoms with Crippen LogP contribution in [-0.4, -0.2) is 50.6 Å². The lowest BCUT2D eigenvalue weighted by atomic mass is 10.1. The molecular weight excluding hydrogens is 392 g/mol. The summed E-state index contributed by atoms with van der Waals surface area (Å²) < 4.78 is 7.02. The number of nitrogens with zero attached hydrogens (tertiary/aromatic N) is 3. The molecule has 2 aliphatic rings. The van der Waals surface area contributed by atoms with E-state index in [4.69, 9.17) is 4.74 Å². The predicted octanol–water partition coefficient (Wildman–Crippen LogP) is 1.51. The highest BCUT2D eigenvalue weighted by atomic mass is 32.2. The van der Waals surface area contributed by atoms with Gasteiger partial charge in [0.05, 0.1) is 24.2 Å². The van der Waals surface area contributed by atoms with E-state index in [9.17, 15) is 14.7 Å². The largest absolute Gasteiger partial charge is 0.501 e. The molecule has 1 atom stereocenters. The predicted molar refractivity (Wildman–Crippen MR) is 111 cm³/mol. The molecule has 29 heavy (non-hydrogen) atoms. The lowest BCUT2D eigenvalue weighted by Crippen LogP contribution is -2.42. The molecule has 2 aromatic rings. The summed E-state index contributed by atoms with van der Waals surface area (Å²) in [4.78, 5) is 34.1. The van der Waals surface area contributed by atoms with E-state index in [1.54, 1.807) is 25.6 Å². The lowest BCUT2D eigenvalue weighted by molar-refractivity contribution is -0.0566. The van der Waals surface area contributed by atoms with Crippen LogP contribution in [0.4, 0.5) is 0 Å². The van der Waals surface area contributed by atoms with Gasteiger partial charge in [0.15, 0.2) is 5.69 Å². The summed E-state index contributed by atoms with van der Waals surface area (Å²) >= 11 is 1.64. The molecule has 1 unspecified atom stereocenters. The van der Waals surface area contributed by atoms with Gasteiger partial charge in [0.2, 0.25) is 5.75 Å². The van der Waals surface area contributed by atoms with E-state index < -0.39 is 22.8 Å². The molecule has 0 radical (unpaired) electrons. The molecule has 4 rings (SSSR count). The molecule has 0 saturated carbocycles. The number of benzene rings is 1. The SMILES string of the molecule is CC1(C)OCCn2c1nc(C(=O)NCC1CSC(c3ccccc3)=N1)c(O)c2=O. The highest BCUT2D eigenvalue weighted by molar-refractivity contribution is 8.14. The Balaban J connectivity index is 1.51. The molecule has 8 nitrogen and oxygen atoms in total. The summed E-state index contributed by atoms with van der Waals surface area (Å²) in [6, 6.07) is 9.79. The summed E-state index contributed by atoms with van der Waals surface area (Å²) in [6.45, 7) is 4.48. The second-order valence-corrected chi connectivity index (χ2v) is 8.43. The van der Waals surface area contributed by atoms with Gasteiger partial charge < -0.3 is 15.2 Å². The number of ether oxygens (including phenoxy) is 1.